The summed E-state index contributed by atoms with van der Waals surface area (Å²) in [6.45, 7) is 0. The van der Waals surface area contributed by atoms with E-state index in [1.165, 1.54) is 0 Å². The van der Waals surface area contributed by atoms with Crippen LogP contribution in [0.1, 0.15) is 12.0 Å². The zero-order valence-electron chi connectivity index (χ0n) is 13.4. The monoisotopic (exact) mass is 351 g/mol. The van der Waals surface area contributed by atoms with Crippen molar-refractivity contribution in [2.75, 3.05) is 0 Å². The molecule has 0 radical (unpaired) electrons. The minimum Gasteiger partial charge on any atom is -0.366 e. The molecule has 1 aromatic heterocycles. The van der Waals surface area contributed by atoms with Gasteiger partial charge in [0.15, 0.2) is 5.37 Å². The first kappa shape index (κ1) is 15.7. The van der Waals surface area contributed by atoms with Gasteiger partial charge in [-0.05, 0) is 11.1 Å². The van der Waals surface area contributed by atoms with E-state index in [0.29, 0.717) is 16.9 Å². The van der Waals surface area contributed by atoms with E-state index in [2.05, 4.69) is 15.5 Å². The van der Waals surface area contributed by atoms with E-state index in [1.807, 2.05) is 60.7 Å². The fraction of sp³-hybridized carbons (Fsp3) is 0.105. The molecule has 2 heterocycles. The number of hydrogen-bond acceptors (Lipinski definition) is 4. The molecule has 0 unspecified atom stereocenters. The van der Waals surface area contributed by atoms with Crippen LogP contribution >= 0.6 is 0 Å². The van der Waals surface area contributed by atoms with E-state index in [-0.39, 0.29) is 0 Å². The zero-order chi connectivity index (χ0) is 17.3. The number of benzene rings is 2. The Morgan fingerprint density at radius 1 is 0.880 bits per heavy atom. The molecule has 6 heteroatoms. The predicted octanol–water partition coefficient (Wildman–Crippen LogP) is 3.18. The number of aromatic amines is 1. The van der Waals surface area contributed by atoms with Gasteiger partial charge >= 0.3 is 0 Å². The summed E-state index contributed by atoms with van der Waals surface area (Å²) in [5.74, 6) is 0. The molecular formula is C19H17N3O2S. The molecular weight excluding hydrogens is 334 g/mol. The first-order chi connectivity index (χ1) is 12.2. The van der Waals surface area contributed by atoms with Crippen molar-refractivity contribution < 1.29 is 8.42 Å². The lowest BCUT2D eigenvalue weighted by molar-refractivity contribution is 0.568. The van der Waals surface area contributed by atoms with Crippen molar-refractivity contribution in [3.8, 4) is 11.1 Å². The number of hydrazone groups is 1. The van der Waals surface area contributed by atoms with Crippen molar-refractivity contribution in [2.45, 2.75) is 16.7 Å². The van der Waals surface area contributed by atoms with Crippen molar-refractivity contribution >= 4 is 15.5 Å². The summed E-state index contributed by atoms with van der Waals surface area (Å²) in [6.07, 6.45) is 3.60. The summed E-state index contributed by atoms with van der Waals surface area (Å²) in [6, 6.07) is 19.1. The van der Waals surface area contributed by atoms with Crippen LogP contribution in [0.15, 0.2) is 83.1 Å². The second kappa shape index (κ2) is 6.22. The van der Waals surface area contributed by atoms with Crippen molar-refractivity contribution in [3.05, 3.63) is 78.6 Å². The second-order valence-electron chi connectivity index (χ2n) is 5.89. The normalized spacial score (nSPS) is 17.1. The largest absolute Gasteiger partial charge is 0.366 e. The third-order valence-corrected chi connectivity index (χ3v) is 6.27. The predicted molar refractivity (Wildman–Crippen MR) is 97.9 cm³/mol. The van der Waals surface area contributed by atoms with Crippen LogP contribution in [0, 0.1) is 0 Å². The number of hydrogen-bond donors (Lipinski definition) is 2. The third-order valence-electron chi connectivity index (χ3n) is 4.30. The van der Waals surface area contributed by atoms with Gasteiger partial charge in [-0.1, -0.05) is 60.7 Å². The van der Waals surface area contributed by atoms with Gasteiger partial charge in [0.25, 0.3) is 0 Å². The zero-order valence-corrected chi connectivity index (χ0v) is 14.2. The molecule has 4 rings (SSSR count). The van der Waals surface area contributed by atoms with Crippen molar-refractivity contribution in [3.63, 3.8) is 0 Å². The molecule has 0 aliphatic carbocycles. The van der Waals surface area contributed by atoms with Gasteiger partial charge in [0, 0.05) is 24.4 Å². The molecule has 2 N–H and O–H groups in total. The quantitative estimate of drug-likeness (QED) is 0.758. The SMILES string of the molecule is O=S(=O)(c1c[nH]cc1-c1ccccc1)[C@H]1CC(c2ccccc2)=NN1. The summed E-state index contributed by atoms with van der Waals surface area (Å²) in [5.41, 5.74) is 6.03. The van der Waals surface area contributed by atoms with Gasteiger partial charge in [0.05, 0.1) is 10.6 Å². The molecule has 0 spiro atoms. The van der Waals surface area contributed by atoms with Crippen LogP contribution in [0.4, 0.5) is 0 Å². The molecule has 126 valence electrons. The van der Waals surface area contributed by atoms with E-state index in [1.54, 1.807) is 12.4 Å². The van der Waals surface area contributed by atoms with Gasteiger partial charge in [0.2, 0.25) is 9.84 Å². The maximum Gasteiger partial charge on any atom is 0.203 e. The Morgan fingerprint density at radius 2 is 1.52 bits per heavy atom. The van der Waals surface area contributed by atoms with Crippen LogP contribution in [0.3, 0.4) is 0 Å². The minimum atomic E-state index is -3.57. The van der Waals surface area contributed by atoms with E-state index >= 15 is 0 Å². The van der Waals surface area contributed by atoms with Crippen LogP contribution < -0.4 is 5.43 Å². The topological polar surface area (TPSA) is 74.3 Å². The van der Waals surface area contributed by atoms with Crippen LogP contribution in [-0.2, 0) is 9.84 Å². The second-order valence-corrected chi connectivity index (χ2v) is 7.99. The van der Waals surface area contributed by atoms with Gasteiger partial charge in [-0.25, -0.2) is 8.42 Å². The van der Waals surface area contributed by atoms with Gasteiger partial charge in [-0.15, -0.1) is 0 Å². The average molecular weight is 351 g/mol. The summed E-state index contributed by atoms with van der Waals surface area (Å²) >= 11 is 0. The van der Waals surface area contributed by atoms with Crippen LogP contribution in [0.5, 0.6) is 0 Å². The Hall–Kier alpha value is -2.86. The summed E-state index contributed by atoms with van der Waals surface area (Å²) in [7, 11) is -3.57. The summed E-state index contributed by atoms with van der Waals surface area (Å²) in [4.78, 5) is 3.22. The summed E-state index contributed by atoms with van der Waals surface area (Å²) < 4.78 is 26.2. The Kier molecular flexibility index (Phi) is 3.89. The van der Waals surface area contributed by atoms with Crippen molar-refractivity contribution in [1.82, 2.24) is 10.4 Å². The van der Waals surface area contributed by atoms with E-state index in [9.17, 15) is 8.42 Å². The van der Waals surface area contributed by atoms with Crippen LogP contribution in [0.25, 0.3) is 11.1 Å². The number of nitrogens with one attached hydrogen (secondary N) is 2. The standard InChI is InChI=1S/C19H17N3O2S/c23-25(24,18-13-20-12-16(18)14-7-3-1-4-8-14)19-11-17(21-22-19)15-9-5-2-6-10-15/h1-10,12-13,19-20,22H,11H2/t19-/m0/s1. The first-order valence-electron chi connectivity index (χ1n) is 8.00. The van der Waals surface area contributed by atoms with Gasteiger partial charge in [0.1, 0.15) is 0 Å². The number of sulfone groups is 1. The molecule has 1 aliphatic heterocycles. The van der Waals surface area contributed by atoms with Crippen LogP contribution in [0.2, 0.25) is 0 Å². The maximum absolute atomic E-state index is 13.1. The fourth-order valence-electron chi connectivity index (χ4n) is 2.99. The lowest BCUT2D eigenvalue weighted by atomic mass is 10.1. The number of aromatic nitrogens is 1. The minimum absolute atomic E-state index is 0.292. The highest BCUT2D eigenvalue weighted by Gasteiger charge is 2.34. The first-order valence-corrected chi connectivity index (χ1v) is 9.54. The fourth-order valence-corrected chi connectivity index (χ4v) is 4.58. The molecule has 3 aromatic rings. The number of nitrogens with zero attached hydrogens (tertiary/aromatic N) is 1. The Balaban J connectivity index is 1.64. The molecule has 1 atom stereocenters. The number of rotatable bonds is 4. The summed E-state index contributed by atoms with van der Waals surface area (Å²) in [5, 5.41) is 3.48. The van der Waals surface area contributed by atoms with Gasteiger partial charge < -0.3 is 4.98 Å². The van der Waals surface area contributed by atoms with Gasteiger partial charge in [-0.2, -0.15) is 5.10 Å². The smallest absolute Gasteiger partial charge is 0.203 e. The maximum atomic E-state index is 13.1. The van der Waals surface area contributed by atoms with Crippen molar-refractivity contribution in [1.29, 1.82) is 0 Å². The third kappa shape index (κ3) is 2.85. The highest BCUT2D eigenvalue weighted by Crippen LogP contribution is 2.31. The highest BCUT2D eigenvalue weighted by molar-refractivity contribution is 7.92. The van der Waals surface area contributed by atoms with E-state index < -0.39 is 15.2 Å². The molecule has 0 saturated heterocycles. The van der Waals surface area contributed by atoms with E-state index in [0.717, 1.165) is 16.8 Å². The van der Waals surface area contributed by atoms with Crippen molar-refractivity contribution in [2.24, 2.45) is 5.10 Å². The molecule has 0 amide bonds. The molecule has 0 bridgehead atoms. The lowest BCUT2D eigenvalue weighted by Gasteiger charge is -2.12. The Bertz CT molecular complexity index is 1010. The number of H-pyrrole nitrogens is 1. The van der Waals surface area contributed by atoms with E-state index in [4.69, 9.17) is 0 Å². The molecule has 0 saturated carbocycles. The average Bonchev–Trinajstić information content (AvgIpc) is 3.33. The molecule has 5 nitrogen and oxygen atoms in total. The highest BCUT2D eigenvalue weighted by atomic mass is 32.2. The molecule has 25 heavy (non-hydrogen) atoms. The molecule has 0 fully saturated rings. The molecule has 2 aromatic carbocycles. The van der Waals surface area contributed by atoms with Gasteiger partial charge in [-0.3, -0.25) is 5.43 Å². The Labute approximate surface area is 146 Å². The lowest BCUT2D eigenvalue weighted by Crippen LogP contribution is -2.30. The Morgan fingerprint density at radius 3 is 2.20 bits per heavy atom. The molecule has 1 aliphatic rings. The van der Waals surface area contributed by atoms with Crippen LogP contribution in [-0.4, -0.2) is 24.5 Å².